The van der Waals surface area contributed by atoms with Gasteiger partial charge >= 0.3 is 10.2 Å². The Balaban J connectivity index is 3.58. The molecule has 104 valence electrons. The lowest BCUT2D eigenvalue weighted by Crippen LogP contribution is -2.11. The number of benzene rings is 1. The summed E-state index contributed by atoms with van der Waals surface area (Å²) in [7, 11) is -9.84. The van der Waals surface area contributed by atoms with Crippen LogP contribution in [-0.2, 0) is 0 Å². The molecule has 2 N–H and O–H groups in total. The molecule has 1 aromatic carbocycles. The van der Waals surface area contributed by atoms with Crippen LogP contribution >= 0.6 is 42.1 Å². The number of hydrogen-bond acceptors (Lipinski definition) is 2. The second-order valence-electron chi connectivity index (χ2n) is 3.40. The Labute approximate surface area is 116 Å². The van der Waals surface area contributed by atoms with E-state index in [1.165, 1.54) is 0 Å². The lowest BCUT2D eigenvalue weighted by Gasteiger charge is -2.41. The topological polar surface area (TPSA) is 43.1 Å². The molecule has 0 amide bonds. The van der Waals surface area contributed by atoms with Gasteiger partial charge in [0.25, 0.3) is 0 Å². The van der Waals surface area contributed by atoms with Gasteiger partial charge in [-0.15, -0.1) is 0 Å². The predicted molar refractivity (Wildman–Crippen MR) is 68.1 cm³/mol. The molecule has 18 heavy (non-hydrogen) atoms. The van der Waals surface area contributed by atoms with Gasteiger partial charge in [0.15, 0.2) is 5.78 Å². The molecule has 0 radical (unpaired) electrons. The molecule has 1 aromatic rings. The highest BCUT2D eigenvalue weighted by Gasteiger charge is 2.66. The van der Waals surface area contributed by atoms with Gasteiger partial charge in [0, 0.05) is 15.7 Å². The maximum absolute atomic E-state index is 12.6. The van der Waals surface area contributed by atoms with Gasteiger partial charge in [-0.1, -0.05) is 35.4 Å². The Morgan fingerprint density at radius 2 is 1.72 bits per heavy atom. The second-order valence-corrected chi connectivity index (χ2v) is 7.19. The Kier molecular flexibility index (Phi) is 3.34. The van der Waals surface area contributed by atoms with Crippen LogP contribution in [0, 0.1) is 0 Å². The third kappa shape index (κ3) is 3.35. The minimum Gasteiger partial charge on any atom is -0.398 e. The highest BCUT2D eigenvalue weighted by Crippen LogP contribution is 3.02. The Hall–Kier alpha value is -0.350. The summed E-state index contributed by atoms with van der Waals surface area (Å²) < 4.78 is 62.2. The normalized spacial score (nSPS) is 15.9. The molecule has 0 unspecified atom stereocenters. The van der Waals surface area contributed by atoms with Gasteiger partial charge in [-0.3, -0.25) is 4.79 Å². The monoisotopic (exact) mass is 417 g/mol. The molecule has 0 saturated carbocycles. The van der Waals surface area contributed by atoms with E-state index in [0.29, 0.717) is 6.07 Å². The molecule has 0 atom stereocenters. The molecule has 0 aliphatic rings. The molecule has 0 saturated heterocycles. The van der Waals surface area contributed by atoms with Crippen LogP contribution in [0.2, 0.25) is 0 Å². The van der Waals surface area contributed by atoms with Gasteiger partial charge in [-0.2, -0.15) is 0 Å². The number of ketones is 1. The molecule has 2 nitrogen and oxygen atoms in total. The fraction of sp³-hybridized carbons (Fsp3) is 0.125. The molecular weight excluding hydrogens is 413 g/mol. The van der Waals surface area contributed by atoms with E-state index in [9.17, 15) is 24.2 Å². The molecule has 0 fully saturated rings. The third-order valence-electron chi connectivity index (χ3n) is 1.94. The zero-order valence-corrected chi connectivity index (χ0v) is 12.4. The van der Waals surface area contributed by atoms with Crippen molar-refractivity contribution in [3.63, 3.8) is 0 Å². The van der Waals surface area contributed by atoms with Crippen molar-refractivity contribution < 1.29 is 24.2 Å². The Bertz CT molecular complexity index is 530. The number of nitrogens with two attached hydrogens (primary N) is 1. The zero-order valence-electron chi connectivity index (χ0n) is 8.40. The van der Waals surface area contributed by atoms with E-state index in [0.717, 1.165) is 0 Å². The van der Waals surface area contributed by atoms with Crippen molar-refractivity contribution >= 4 is 53.6 Å². The number of carbonyl (C=O) groups is 1. The molecule has 0 aromatic heterocycles. The first-order chi connectivity index (χ1) is 7.76. The molecule has 0 bridgehead atoms. The number of nitrogen functional groups attached to an aromatic ring is 1. The van der Waals surface area contributed by atoms with E-state index in [1.807, 2.05) is 0 Å². The quantitative estimate of drug-likeness (QED) is 0.314. The average molecular weight is 419 g/mol. The van der Waals surface area contributed by atoms with Crippen LogP contribution in [0.25, 0.3) is 0 Å². The van der Waals surface area contributed by atoms with Crippen LogP contribution in [0.3, 0.4) is 0 Å². The van der Waals surface area contributed by atoms with Gasteiger partial charge in [-0.25, -0.2) is 0 Å². The molecule has 0 heterocycles. The van der Waals surface area contributed by atoms with Gasteiger partial charge in [0.1, 0.15) is 4.90 Å². The summed E-state index contributed by atoms with van der Waals surface area (Å²) in [5, 5.41) is -0.181. The van der Waals surface area contributed by atoms with Gasteiger partial charge < -0.3 is 5.73 Å². The molecular formula is C8H6Br2F5NOS. The summed E-state index contributed by atoms with van der Waals surface area (Å²) in [4.78, 5) is 9.16. The minimum atomic E-state index is -9.84. The maximum atomic E-state index is 12.6. The average Bonchev–Trinajstić information content (AvgIpc) is 2.16. The second kappa shape index (κ2) is 3.83. The SMILES string of the molecule is Nc1cc(S(F)(F)(F)(F)F)c(Br)cc1C(=O)CBr. The highest BCUT2D eigenvalue weighted by molar-refractivity contribution is 9.10. The van der Waals surface area contributed by atoms with Gasteiger partial charge in [0.2, 0.25) is 0 Å². The fourth-order valence-electron chi connectivity index (χ4n) is 1.18. The number of carbonyl (C=O) groups excluding carboxylic acids is 1. The number of halogens is 7. The van der Waals surface area contributed by atoms with E-state index in [-0.39, 0.29) is 17.0 Å². The number of hydrogen-bond donors (Lipinski definition) is 1. The summed E-state index contributed by atoms with van der Waals surface area (Å²) in [5.41, 5.74) is 4.30. The highest BCUT2D eigenvalue weighted by atomic mass is 79.9. The van der Waals surface area contributed by atoms with Crippen molar-refractivity contribution in [3.8, 4) is 0 Å². The van der Waals surface area contributed by atoms with Crippen LogP contribution in [-0.4, -0.2) is 11.1 Å². The van der Waals surface area contributed by atoms with Crippen LogP contribution in [0.1, 0.15) is 10.4 Å². The first-order valence-corrected chi connectivity index (χ1v) is 8.05. The number of Topliss-reactive ketones (excluding diaryl/α,β-unsaturated/α-hetero) is 1. The molecule has 10 heteroatoms. The number of anilines is 1. The molecule has 0 spiro atoms. The van der Waals surface area contributed by atoms with E-state index in [4.69, 9.17) is 5.73 Å². The summed E-state index contributed by atoms with van der Waals surface area (Å²) in [6.45, 7) is 0. The minimum absolute atomic E-state index is 0.0710. The van der Waals surface area contributed by atoms with Crippen LogP contribution in [0.5, 0.6) is 0 Å². The smallest absolute Gasteiger partial charge is 0.311 e. The lowest BCUT2D eigenvalue weighted by molar-refractivity contribution is 0.102. The third-order valence-corrected chi connectivity index (χ3v) is 4.54. The van der Waals surface area contributed by atoms with Crippen molar-refractivity contribution in [2.24, 2.45) is 0 Å². The van der Waals surface area contributed by atoms with Crippen molar-refractivity contribution in [1.29, 1.82) is 0 Å². The maximum Gasteiger partial charge on any atom is 0.311 e. The van der Waals surface area contributed by atoms with Crippen molar-refractivity contribution in [1.82, 2.24) is 0 Å². The lowest BCUT2D eigenvalue weighted by atomic mass is 10.1. The summed E-state index contributed by atoms with van der Waals surface area (Å²) in [6.07, 6.45) is 0. The predicted octanol–water partition coefficient (Wildman–Crippen LogP) is 5.27. The fourth-order valence-corrected chi connectivity index (χ4v) is 3.52. The Morgan fingerprint density at radius 3 is 2.11 bits per heavy atom. The summed E-state index contributed by atoms with van der Waals surface area (Å²) >= 11 is 5.20. The van der Waals surface area contributed by atoms with Gasteiger partial charge in [-0.05, 0) is 28.1 Å². The van der Waals surface area contributed by atoms with E-state index in [2.05, 4.69) is 31.9 Å². The summed E-state index contributed by atoms with van der Waals surface area (Å²) in [6, 6.07) is 0.716. The number of alkyl halides is 1. The van der Waals surface area contributed by atoms with E-state index < -0.39 is 31.1 Å². The van der Waals surface area contributed by atoms with Crippen molar-refractivity contribution in [3.05, 3.63) is 22.2 Å². The van der Waals surface area contributed by atoms with E-state index >= 15 is 0 Å². The zero-order chi connectivity index (χ0) is 14.4. The van der Waals surface area contributed by atoms with Crippen LogP contribution in [0.4, 0.5) is 25.1 Å². The van der Waals surface area contributed by atoms with Crippen molar-refractivity contribution in [2.45, 2.75) is 4.90 Å². The molecule has 1 rings (SSSR count). The van der Waals surface area contributed by atoms with Crippen LogP contribution < -0.4 is 5.73 Å². The van der Waals surface area contributed by atoms with E-state index in [1.54, 1.807) is 0 Å². The molecule has 0 aliphatic carbocycles. The van der Waals surface area contributed by atoms with Crippen LogP contribution in [0.15, 0.2) is 21.5 Å². The largest absolute Gasteiger partial charge is 0.398 e. The van der Waals surface area contributed by atoms with Gasteiger partial charge in [0.05, 0.1) is 5.33 Å². The Morgan fingerprint density at radius 1 is 1.22 bits per heavy atom. The number of rotatable bonds is 3. The molecule has 0 aliphatic heterocycles. The van der Waals surface area contributed by atoms with Crippen molar-refractivity contribution in [2.75, 3.05) is 11.1 Å². The first kappa shape index (κ1) is 15.7. The standard InChI is InChI=1S/C8H6Br2F5NOS/c9-3-7(17)4-1-5(10)8(2-6(4)16)18(11,12,13,14)15/h1-2H,3,16H2. The summed E-state index contributed by atoms with van der Waals surface area (Å²) in [5.74, 6) is -0.609. The first-order valence-electron chi connectivity index (χ1n) is 4.18.